The molecule has 0 amide bonds. The van der Waals surface area contributed by atoms with Gasteiger partial charge in [0.2, 0.25) is 4.96 Å². The van der Waals surface area contributed by atoms with Crippen molar-refractivity contribution in [3.8, 4) is 0 Å². The molecule has 0 bridgehead atoms. The molecule has 3 aromatic rings. The van der Waals surface area contributed by atoms with Crippen LogP contribution in [0.5, 0.6) is 0 Å². The number of rotatable bonds is 4. The summed E-state index contributed by atoms with van der Waals surface area (Å²) < 4.78 is 29.9. The highest BCUT2D eigenvalue weighted by atomic mass is 32.2. The third-order valence-corrected chi connectivity index (χ3v) is 6.37. The van der Waals surface area contributed by atoms with E-state index < -0.39 is 10.0 Å². The lowest BCUT2D eigenvalue weighted by atomic mass is 10.0. The van der Waals surface area contributed by atoms with Gasteiger partial charge in [0, 0.05) is 6.04 Å². The first-order valence-corrected chi connectivity index (χ1v) is 9.91. The summed E-state index contributed by atoms with van der Waals surface area (Å²) in [5.74, 6) is 0. The summed E-state index contributed by atoms with van der Waals surface area (Å²) in [6, 6.07) is 5.65. The molecule has 0 spiro atoms. The Morgan fingerprint density at radius 3 is 2.58 bits per heavy atom. The van der Waals surface area contributed by atoms with Gasteiger partial charge < -0.3 is 0 Å². The van der Waals surface area contributed by atoms with E-state index in [-0.39, 0.29) is 11.1 Å². The molecule has 0 unspecified atom stereocenters. The second-order valence-corrected chi connectivity index (χ2v) is 8.81. The molecule has 8 heteroatoms. The molecule has 0 saturated carbocycles. The number of aromatic nitrogens is 3. The van der Waals surface area contributed by atoms with Gasteiger partial charge in [-0.3, -0.25) is 0 Å². The predicted molar refractivity (Wildman–Crippen MR) is 95.0 cm³/mol. The summed E-state index contributed by atoms with van der Waals surface area (Å²) in [6.45, 7) is 9.36. The quantitative estimate of drug-likeness (QED) is 0.772. The average molecular weight is 364 g/mol. The molecule has 0 aliphatic rings. The minimum atomic E-state index is -3.74. The summed E-state index contributed by atoms with van der Waals surface area (Å²) in [6.07, 6.45) is 0. The van der Waals surface area contributed by atoms with Gasteiger partial charge in [0.25, 0.3) is 10.0 Å². The molecule has 0 aliphatic carbocycles. The molecule has 1 aromatic carbocycles. The van der Waals surface area contributed by atoms with Crippen molar-refractivity contribution in [3.63, 3.8) is 0 Å². The summed E-state index contributed by atoms with van der Waals surface area (Å²) in [7, 11) is -3.74. The number of hydrogen-bond donors (Lipinski definition) is 1. The van der Waals surface area contributed by atoms with Gasteiger partial charge in [-0.2, -0.15) is 9.61 Å². The van der Waals surface area contributed by atoms with Crippen molar-refractivity contribution in [2.75, 3.05) is 0 Å². The molecular formula is C16H20N4O2S2. The van der Waals surface area contributed by atoms with Gasteiger partial charge in [0.15, 0.2) is 5.03 Å². The Balaban J connectivity index is 1.99. The van der Waals surface area contributed by atoms with E-state index in [0.717, 1.165) is 21.7 Å². The minimum Gasteiger partial charge on any atom is -0.221 e. The van der Waals surface area contributed by atoms with E-state index in [4.69, 9.17) is 0 Å². The number of nitrogens with zero attached hydrogens (tertiary/aromatic N) is 3. The van der Waals surface area contributed by atoms with Gasteiger partial charge in [-0.05, 0) is 45.7 Å². The van der Waals surface area contributed by atoms with Crippen LogP contribution < -0.4 is 4.72 Å². The molecule has 6 nitrogen and oxygen atoms in total. The van der Waals surface area contributed by atoms with E-state index in [1.165, 1.54) is 15.9 Å². The second-order valence-electron chi connectivity index (χ2n) is 6.02. The lowest BCUT2D eigenvalue weighted by Gasteiger charge is -2.17. The van der Waals surface area contributed by atoms with Gasteiger partial charge in [0.1, 0.15) is 5.01 Å². The lowest BCUT2D eigenvalue weighted by Crippen LogP contribution is -2.29. The normalized spacial score (nSPS) is 13.5. The Morgan fingerprint density at radius 2 is 1.92 bits per heavy atom. The van der Waals surface area contributed by atoms with Gasteiger partial charge in [0.05, 0.1) is 5.69 Å². The SMILES string of the molecule is Cc1ccc([C@@H](C)NS(=O)(=O)c2c(C)nc3sc(C)nn23)c(C)c1. The number of nitrogens with one attached hydrogen (secondary N) is 1. The molecular weight excluding hydrogens is 344 g/mol. The molecule has 1 N–H and O–H groups in total. The third kappa shape index (κ3) is 2.97. The summed E-state index contributed by atoms with van der Waals surface area (Å²) >= 11 is 1.37. The molecule has 128 valence electrons. The van der Waals surface area contributed by atoms with Crippen molar-refractivity contribution in [3.05, 3.63) is 45.6 Å². The zero-order valence-electron chi connectivity index (χ0n) is 14.3. The molecule has 0 radical (unpaired) electrons. The molecule has 1 atom stereocenters. The van der Waals surface area contributed by atoms with E-state index in [9.17, 15) is 8.42 Å². The zero-order valence-corrected chi connectivity index (χ0v) is 15.9. The first kappa shape index (κ1) is 17.1. The van der Waals surface area contributed by atoms with Crippen LogP contribution in [0.15, 0.2) is 23.2 Å². The number of aryl methyl sites for hydroxylation is 4. The van der Waals surface area contributed by atoms with Gasteiger partial charge in [-0.25, -0.2) is 18.1 Å². The number of benzene rings is 1. The van der Waals surface area contributed by atoms with Crippen LogP contribution >= 0.6 is 11.3 Å². The lowest BCUT2D eigenvalue weighted by molar-refractivity contribution is 0.558. The number of hydrogen-bond acceptors (Lipinski definition) is 5. The topological polar surface area (TPSA) is 76.4 Å². The first-order valence-electron chi connectivity index (χ1n) is 7.61. The number of imidazole rings is 1. The Kier molecular flexibility index (Phi) is 4.23. The summed E-state index contributed by atoms with van der Waals surface area (Å²) in [4.78, 5) is 4.90. The highest BCUT2D eigenvalue weighted by molar-refractivity contribution is 7.89. The van der Waals surface area contributed by atoms with E-state index in [2.05, 4.69) is 14.8 Å². The first-order chi connectivity index (χ1) is 11.2. The van der Waals surface area contributed by atoms with Crippen LogP contribution in [0.4, 0.5) is 0 Å². The fourth-order valence-electron chi connectivity index (χ4n) is 2.90. The molecule has 2 aromatic heterocycles. The number of fused-ring (bicyclic) bond motifs is 1. The molecule has 0 fully saturated rings. The van der Waals surface area contributed by atoms with E-state index >= 15 is 0 Å². The zero-order chi connectivity index (χ0) is 17.6. The van der Waals surface area contributed by atoms with Crippen molar-refractivity contribution in [2.45, 2.75) is 45.7 Å². The van der Waals surface area contributed by atoms with Crippen LogP contribution in [0.1, 0.15) is 40.4 Å². The Hall–Kier alpha value is -1.77. The van der Waals surface area contributed by atoms with Gasteiger partial charge in [-0.1, -0.05) is 35.1 Å². The molecule has 2 heterocycles. The highest BCUT2D eigenvalue weighted by Crippen LogP contribution is 2.25. The molecule has 0 aliphatic heterocycles. The molecule has 24 heavy (non-hydrogen) atoms. The summed E-state index contributed by atoms with van der Waals surface area (Å²) in [5, 5.41) is 5.15. The fraction of sp³-hybridized carbons (Fsp3) is 0.375. The fourth-order valence-corrected chi connectivity index (χ4v) is 5.24. The van der Waals surface area contributed by atoms with Crippen LogP contribution in [-0.2, 0) is 10.0 Å². The minimum absolute atomic E-state index is 0.110. The maximum Gasteiger partial charge on any atom is 0.260 e. The average Bonchev–Trinajstić information content (AvgIpc) is 2.91. The van der Waals surface area contributed by atoms with Crippen LogP contribution in [0.25, 0.3) is 4.96 Å². The predicted octanol–water partition coefficient (Wildman–Crippen LogP) is 3.06. The maximum atomic E-state index is 12.9. The second kappa shape index (κ2) is 5.94. The van der Waals surface area contributed by atoms with E-state index in [1.807, 2.05) is 45.9 Å². The Morgan fingerprint density at radius 1 is 1.21 bits per heavy atom. The Bertz CT molecular complexity index is 1020. The van der Waals surface area contributed by atoms with Gasteiger partial charge >= 0.3 is 0 Å². The molecule has 0 saturated heterocycles. The van der Waals surface area contributed by atoms with Crippen molar-refractivity contribution in [2.24, 2.45) is 0 Å². The largest absolute Gasteiger partial charge is 0.260 e. The standard InChI is InChI=1S/C16H20N4O2S2/c1-9-6-7-14(10(2)8-9)11(3)19-24(21,22)15-12(4)17-16-20(15)18-13(5)23-16/h6-8,11,19H,1-5H3/t11-/m1/s1. The number of sulfonamides is 1. The van der Waals surface area contributed by atoms with Crippen molar-refractivity contribution < 1.29 is 8.42 Å². The molecule has 3 rings (SSSR count). The van der Waals surface area contributed by atoms with E-state index in [0.29, 0.717) is 10.7 Å². The van der Waals surface area contributed by atoms with Crippen molar-refractivity contribution >= 4 is 26.3 Å². The highest BCUT2D eigenvalue weighted by Gasteiger charge is 2.27. The van der Waals surface area contributed by atoms with Crippen LogP contribution in [0, 0.1) is 27.7 Å². The van der Waals surface area contributed by atoms with Gasteiger partial charge in [-0.15, -0.1) is 0 Å². The van der Waals surface area contributed by atoms with E-state index in [1.54, 1.807) is 6.92 Å². The monoisotopic (exact) mass is 364 g/mol. The van der Waals surface area contributed by atoms with Crippen LogP contribution in [0.3, 0.4) is 0 Å². The Labute approximate surface area is 145 Å². The van der Waals surface area contributed by atoms with Crippen LogP contribution in [0.2, 0.25) is 0 Å². The van der Waals surface area contributed by atoms with Crippen molar-refractivity contribution in [1.82, 2.24) is 19.3 Å². The summed E-state index contributed by atoms with van der Waals surface area (Å²) in [5.41, 5.74) is 3.62. The van der Waals surface area contributed by atoms with Crippen LogP contribution in [-0.4, -0.2) is 23.0 Å². The smallest absolute Gasteiger partial charge is 0.221 e. The maximum absolute atomic E-state index is 12.9. The van der Waals surface area contributed by atoms with Crippen molar-refractivity contribution in [1.29, 1.82) is 0 Å². The third-order valence-electron chi connectivity index (χ3n) is 3.90.